The number of nitrogens with zero attached hydrogens (tertiary/aromatic N) is 3. The first-order chi connectivity index (χ1) is 16.0. The van der Waals surface area contributed by atoms with Crippen molar-refractivity contribution in [3.05, 3.63) is 51.9 Å². The van der Waals surface area contributed by atoms with Crippen LogP contribution in [0.3, 0.4) is 0 Å². The molecule has 170 valence electrons. The molecule has 3 heterocycles. The molecule has 1 aromatic carbocycles. The number of halogens is 2. The van der Waals surface area contributed by atoms with Crippen molar-refractivity contribution in [2.75, 3.05) is 11.9 Å². The van der Waals surface area contributed by atoms with Crippen LogP contribution in [-0.2, 0) is 11.5 Å². The summed E-state index contributed by atoms with van der Waals surface area (Å²) in [6.45, 7) is 0.589. The minimum Gasteiger partial charge on any atom is -0.338 e. The van der Waals surface area contributed by atoms with Gasteiger partial charge in [-0.25, -0.2) is 0 Å². The van der Waals surface area contributed by atoms with Gasteiger partial charge in [0.1, 0.15) is 10.9 Å². The van der Waals surface area contributed by atoms with E-state index in [2.05, 4.69) is 26.8 Å². The topological polar surface area (TPSA) is 98.5 Å². The number of pyridine rings is 1. The molecule has 1 aliphatic heterocycles. The number of aromatic amines is 1. The van der Waals surface area contributed by atoms with Crippen molar-refractivity contribution in [2.24, 2.45) is 5.92 Å². The third kappa shape index (κ3) is 2.73. The zero-order valence-electron chi connectivity index (χ0n) is 18.0. The lowest BCUT2D eigenvalue weighted by Crippen LogP contribution is -2.59. The maximum Gasteiger partial charge on any atom is 0.295 e. The number of nitriles is 1. The summed E-state index contributed by atoms with van der Waals surface area (Å²) >= 11 is 0. The predicted molar refractivity (Wildman–Crippen MR) is 119 cm³/mol. The van der Waals surface area contributed by atoms with Crippen molar-refractivity contribution < 1.29 is 8.78 Å². The predicted octanol–water partition coefficient (Wildman–Crippen LogP) is 4.41. The van der Waals surface area contributed by atoms with Crippen LogP contribution in [0.4, 0.5) is 20.3 Å². The molecule has 7 nitrogen and oxygen atoms in total. The van der Waals surface area contributed by atoms with Crippen LogP contribution in [0.2, 0.25) is 0 Å². The summed E-state index contributed by atoms with van der Waals surface area (Å²) in [5.74, 6) is -2.82. The summed E-state index contributed by atoms with van der Waals surface area (Å²) in [6.07, 6.45) is 6.31. The Balaban J connectivity index is 1.41. The fraction of sp³-hybridized carbons (Fsp3) is 0.458. The number of hydrogen-bond acceptors (Lipinski definition) is 5. The smallest absolute Gasteiger partial charge is 0.295 e. The SMILES string of the molecule is N#C[C@H]1CCCC[C@@H]1n1nc(Nc2ccc3c(c2)C(F)(F)C32CCCN2)c2c(=O)[nH]ccc21. The minimum atomic E-state index is -2.95. The van der Waals surface area contributed by atoms with E-state index in [0.717, 1.165) is 32.1 Å². The van der Waals surface area contributed by atoms with Crippen LogP contribution in [0.5, 0.6) is 0 Å². The molecule has 2 fully saturated rings. The Labute approximate surface area is 188 Å². The van der Waals surface area contributed by atoms with Gasteiger partial charge in [-0.3, -0.25) is 9.48 Å². The Morgan fingerprint density at radius 2 is 2.03 bits per heavy atom. The molecule has 2 aliphatic carbocycles. The Bertz CT molecular complexity index is 1350. The highest BCUT2D eigenvalue weighted by Gasteiger charge is 2.66. The standard InChI is InChI=1S/C24H24F2N6O/c25-24(26)17-12-15(6-7-16(17)23(24)9-3-10-29-23)30-21-20-19(8-11-28-22(20)33)32(31-21)18-5-2-1-4-14(18)13-27/h6-8,11-12,14,18,29H,1-5,9-10H2,(H,28,33)(H,30,31)/t14-,18+,23?/m1/s1. The molecule has 1 spiro atoms. The molecule has 2 aromatic heterocycles. The maximum atomic E-state index is 15.1. The van der Waals surface area contributed by atoms with Gasteiger partial charge in [0.15, 0.2) is 5.82 Å². The number of nitrogens with one attached hydrogen (secondary N) is 3. The second kappa shape index (κ2) is 7.12. The number of benzene rings is 1. The van der Waals surface area contributed by atoms with E-state index in [-0.39, 0.29) is 23.1 Å². The molecule has 1 saturated heterocycles. The van der Waals surface area contributed by atoms with E-state index in [1.807, 2.05) is 0 Å². The van der Waals surface area contributed by atoms with Gasteiger partial charge in [-0.1, -0.05) is 18.9 Å². The zero-order chi connectivity index (χ0) is 22.8. The lowest BCUT2D eigenvalue weighted by Gasteiger charge is -2.48. The molecule has 3 aromatic rings. The first-order valence-electron chi connectivity index (χ1n) is 11.5. The molecule has 0 radical (unpaired) electrons. The fourth-order valence-corrected chi connectivity index (χ4v) is 5.96. The lowest BCUT2D eigenvalue weighted by atomic mass is 9.66. The van der Waals surface area contributed by atoms with Gasteiger partial charge < -0.3 is 15.6 Å². The van der Waals surface area contributed by atoms with Gasteiger partial charge in [0, 0.05) is 17.4 Å². The van der Waals surface area contributed by atoms with Gasteiger partial charge in [0.2, 0.25) is 0 Å². The molecule has 3 atom stereocenters. The monoisotopic (exact) mass is 450 g/mol. The molecular weight excluding hydrogens is 426 g/mol. The highest BCUT2D eigenvalue weighted by atomic mass is 19.3. The van der Waals surface area contributed by atoms with Gasteiger partial charge in [0.25, 0.3) is 11.5 Å². The summed E-state index contributed by atoms with van der Waals surface area (Å²) < 4.78 is 31.9. The first-order valence-corrected chi connectivity index (χ1v) is 11.5. The minimum absolute atomic E-state index is 0.0105. The van der Waals surface area contributed by atoms with Crippen LogP contribution in [-0.4, -0.2) is 21.3 Å². The molecule has 0 bridgehead atoms. The summed E-state index contributed by atoms with van der Waals surface area (Å²) in [6, 6.07) is 9.00. The number of alkyl halides is 2. The number of rotatable bonds is 3. The molecule has 9 heteroatoms. The fourth-order valence-electron chi connectivity index (χ4n) is 5.96. The normalized spacial score (nSPS) is 27.8. The summed E-state index contributed by atoms with van der Waals surface area (Å²) in [4.78, 5) is 15.4. The number of fused-ring (bicyclic) bond motifs is 3. The third-order valence-corrected chi connectivity index (χ3v) is 7.61. The number of aromatic nitrogens is 3. The van der Waals surface area contributed by atoms with E-state index in [9.17, 15) is 10.1 Å². The molecule has 3 aliphatic rings. The van der Waals surface area contributed by atoms with E-state index in [4.69, 9.17) is 0 Å². The maximum absolute atomic E-state index is 15.1. The largest absolute Gasteiger partial charge is 0.338 e. The van der Waals surface area contributed by atoms with Crippen LogP contribution in [0.1, 0.15) is 55.7 Å². The number of anilines is 2. The average molecular weight is 450 g/mol. The van der Waals surface area contributed by atoms with E-state index >= 15 is 8.78 Å². The van der Waals surface area contributed by atoms with Crippen molar-refractivity contribution in [1.82, 2.24) is 20.1 Å². The molecule has 3 N–H and O–H groups in total. The Morgan fingerprint density at radius 3 is 2.82 bits per heavy atom. The highest BCUT2D eigenvalue weighted by molar-refractivity contribution is 5.91. The van der Waals surface area contributed by atoms with Gasteiger partial charge >= 0.3 is 0 Å². The van der Waals surface area contributed by atoms with E-state index < -0.39 is 11.5 Å². The van der Waals surface area contributed by atoms with Gasteiger partial charge in [-0.15, -0.1) is 0 Å². The van der Waals surface area contributed by atoms with Crippen molar-refractivity contribution in [3.8, 4) is 6.07 Å². The van der Waals surface area contributed by atoms with Crippen molar-refractivity contribution in [2.45, 2.75) is 56.0 Å². The zero-order valence-corrected chi connectivity index (χ0v) is 18.0. The van der Waals surface area contributed by atoms with Crippen LogP contribution in [0.25, 0.3) is 10.9 Å². The summed E-state index contributed by atoms with van der Waals surface area (Å²) in [7, 11) is 0. The molecular formula is C24H24F2N6O. The van der Waals surface area contributed by atoms with E-state index in [1.54, 1.807) is 29.1 Å². The van der Waals surface area contributed by atoms with Gasteiger partial charge in [-0.2, -0.15) is 19.1 Å². The highest BCUT2D eigenvalue weighted by Crippen LogP contribution is 2.61. The van der Waals surface area contributed by atoms with Gasteiger partial charge in [-0.05, 0) is 56.0 Å². The summed E-state index contributed by atoms with van der Waals surface area (Å²) in [5.41, 5.74) is 0.182. The lowest BCUT2D eigenvalue weighted by molar-refractivity contribution is -0.127. The van der Waals surface area contributed by atoms with Crippen molar-refractivity contribution >= 4 is 22.4 Å². The Hall–Kier alpha value is -3.25. The van der Waals surface area contributed by atoms with Gasteiger partial charge in [0.05, 0.1) is 23.5 Å². The molecule has 1 saturated carbocycles. The van der Waals surface area contributed by atoms with E-state index in [0.29, 0.717) is 40.9 Å². The van der Waals surface area contributed by atoms with Crippen molar-refractivity contribution in [3.63, 3.8) is 0 Å². The third-order valence-electron chi connectivity index (χ3n) is 7.61. The number of H-pyrrole nitrogens is 1. The molecule has 1 unspecified atom stereocenters. The molecule has 6 rings (SSSR count). The van der Waals surface area contributed by atoms with Crippen LogP contribution >= 0.6 is 0 Å². The first kappa shape index (κ1) is 20.4. The Kier molecular flexibility index (Phi) is 4.40. The molecule has 33 heavy (non-hydrogen) atoms. The Morgan fingerprint density at radius 1 is 1.18 bits per heavy atom. The van der Waals surface area contributed by atoms with E-state index in [1.165, 1.54) is 6.07 Å². The van der Waals surface area contributed by atoms with Crippen LogP contribution in [0, 0.1) is 17.2 Å². The van der Waals surface area contributed by atoms with Crippen molar-refractivity contribution in [1.29, 1.82) is 5.26 Å². The molecule has 0 amide bonds. The number of hydrogen-bond donors (Lipinski definition) is 3. The van der Waals surface area contributed by atoms with Crippen LogP contribution in [0.15, 0.2) is 35.3 Å². The summed E-state index contributed by atoms with van der Waals surface area (Å²) in [5, 5.41) is 20.8. The second-order valence-electron chi connectivity index (χ2n) is 9.34. The van der Waals surface area contributed by atoms with Crippen LogP contribution < -0.4 is 16.2 Å². The second-order valence-corrected chi connectivity index (χ2v) is 9.34. The quantitative estimate of drug-likeness (QED) is 0.549. The average Bonchev–Trinajstić information content (AvgIpc) is 3.47.